The van der Waals surface area contributed by atoms with Crippen LogP contribution in [0.5, 0.6) is 0 Å². The molecule has 0 aliphatic rings. The van der Waals surface area contributed by atoms with Crippen molar-refractivity contribution in [3.63, 3.8) is 0 Å². The lowest BCUT2D eigenvalue weighted by Gasteiger charge is -1.95. The molecule has 0 unspecified atom stereocenters. The molecule has 25 heavy (non-hydrogen) atoms. The van der Waals surface area contributed by atoms with Gasteiger partial charge in [-0.1, -0.05) is 23.5 Å². The third kappa shape index (κ3) is 2.60. The van der Waals surface area contributed by atoms with Crippen molar-refractivity contribution in [3.05, 3.63) is 63.3 Å². The molecule has 4 rings (SSSR count). The number of para-hydroxylation sites is 2. The number of rotatable bonds is 2. The van der Waals surface area contributed by atoms with Gasteiger partial charge in [-0.15, -0.1) is 0 Å². The molecule has 0 aliphatic carbocycles. The molecule has 0 atom stereocenters. The van der Waals surface area contributed by atoms with Crippen molar-refractivity contribution in [2.24, 2.45) is 12.0 Å². The van der Waals surface area contributed by atoms with Gasteiger partial charge in [-0.25, -0.2) is 4.98 Å². The first-order valence-corrected chi connectivity index (χ1v) is 8.03. The smallest absolute Gasteiger partial charge is 0.335 e. The number of aromatic nitrogens is 2. The minimum absolute atomic E-state index is 0.0160. The number of hydrogen-bond donors (Lipinski definition) is 0. The largest absolute Gasteiger partial charge is 0.432 e. The number of nitro benzene ring substituents is 1. The summed E-state index contributed by atoms with van der Waals surface area (Å²) in [4.78, 5) is 31.4. The van der Waals surface area contributed by atoms with Gasteiger partial charge in [-0.2, -0.15) is 4.99 Å². The fourth-order valence-corrected chi connectivity index (χ4v) is 3.43. The molecule has 9 heteroatoms. The molecule has 0 fully saturated rings. The quantitative estimate of drug-likeness (QED) is 0.406. The summed E-state index contributed by atoms with van der Waals surface area (Å²) in [6.45, 7) is 0. The van der Waals surface area contributed by atoms with E-state index in [1.807, 2.05) is 0 Å². The molecule has 0 spiro atoms. The molecule has 2 heterocycles. The van der Waals surface area contributed by atoms with Gasteiger partial charge in [0.2, 0.25) is 0 Å². The van der Waals surface area contributed by atoms with Crippen LogP contribution >= 0.6 is 11.3 Å². The van der Waals surface area contributed by atoms with Crippen LogP contribution in [0.3, 0.4) is 0 Å². The number of nitro groups is 1. The number of amides is 1. The molecule has 0 N–H and O–H groups in total. The Morgan fingerprint density at radius 1 is 1.32 bits per heavy atom. The number of nitrogens with zero attached hydrogens (tertiary/aromatic N) is 4. The van der Waals surface area contributed by atoms with Crippen molar-refractivity contribution in [1.29, 1.82) is 0 Å². The molecule has 4 aromatic rings. The van der Waals surface area contributed by atoms with Crippen molar-refractivity contribution >= 4 is 44.2 Å². The Kier molecular flexibility index (Phi) is 3.43. The number of oxazole rings is 1. The van der Waals surface area contributed by atoms with E-state index in [9.17, 15) is 14.9 Å². The van der Waals surface area contributed by atoms with Crippen LogP contribution in [-0.4, -0.2) is 20.4 Å². The Labute approximate surface area is 143 Å². The van der Waals surface area contributed by atoms with Gasteiger partial charge in [-0.3, -0.25) is 14.9 Å². The second-order valence-corrected chi connectivity index (χ2v) is 6.27. The minimum Gasteiger partial charge on any atom is -0.432 e. The van der Waals surface area contributed by atoms with Crippen LogP contribution in [0.25, 0.3) is 21.3 Å². The molecule has 0 aliphatic heterocycles. The summed E-state index contributed by atoms with van der Waals surface area (Å²) >= 11 is 1.26. The Bertz CT molecular complexity index is 1180. The van der Waals surface area contributed by atoms with Crippen LogP contribution in [0.2, 0.25) is 0 Å². The zero-order valence-electron chi connectivity index (χ0n) is 12.9. The highest BCUT2D eigenvalue weighted by atomic mass is 32.1. The molecular formula is C16H10N4O4S. The molecule has 1 amide bonds. The van der Waals surface area contributed by atoms with E-state index in [0.29, 0.717) is 21.4 Å². The SMILES string of the molecule is Cn1c(=NC(=O)c2nc3ccccc3o2)sc2ccc([N+](=O)[O-])cc21. The summed E-state index contributed by atoms with van der Waals surface area (Å²) < 4.78 is 7.84. The number of benzene rings is 2. The average Bonchev–Trinajstić information content (AvgIpc) is 3.16. The molecule has 2 aromatic carbocycles. The number of thiazole rings is 1. The second kappa shape index (κ2) is 5.64. The van der Waals surface area contributed by atoms with E-state index in [1.54, 1.807) is 41.9 Å². The number of carbonyl (C=O) groups is 1. The van der Waals surface area contributed by atoms with Gasteiger partial charge in [0.05, 0.1) is 15.1 Å². The van der Waals surface area contributed by atoms with Gasteiger partial charge in [0.25, 0.3) is 11.6 Å². The maximum atomic E-state index is 12.4. The van der Waals surface area contributed by atoms with E-state index in [0.717, 1.165) is 4.70 Å². The van der Waals surface area contributed by atoms with Gasteiger partial charge >= 0.3 is 5.91 Å². The zero-order chi connectivity index (χ0) is 17.6. The lowest BCUT2D eigenvalue weighted by atomic mass is 10.3. The van der Waals surface area contributed by atoms with Gasteiger partial charge < -0.3 is 8.98 Å². The fourth-order valence-electron chi connectivity index (χ4n) is 2.43. The second-order valence-electron chi connectivity index (χ2n) is 5.26. The van der Waals surface area contributed by atoms with E-state index >= 15 is 0 Å². The maximum absolute atomic E-state index is 12.4. The summed E-state index contributed by atoms with van der Waals surface area (Å²) in [6, 6.07) is 11.6. The normalized spacial score (nSPS) is 12.1. The van der Waals surface area contributed by atoms with Crippen molar-refractivity contribution in [1.82, 2.24) is 9.55 Å². The lowest BCUT2D eigenvalue weighted by Crippen LogP contribution is -2.13. The van der Waals surface area contributed by atoms with E-state index < -0.39 is 10.8 Å². The summed E-state index contributed by atoms with van der Waals surface area (Å²) in [5, 5.41) is 10.9. The average molecular weight is 354 g/mol. The third-order valence-corrected chi connectivity index (χ3v) is 4.79. The Morgan fingerprint density at radius 3 is 2.88 bits per heavy atom. The first kappa shape index (κ1) is 15.2. The standard InChI is InChI=1S/C16H10N4O4S/c1-19-11-8-9(20(22)23)6-7-13(11)25-16(19)18-14(21)15-17-10-4-2-3-5-12(10)24-15/h2-8H,1H3. The molecule has 0 radical (unpaired) electrons. The Hall–Kier alpha value is -3.33. The Balaban J connectivity index is 1.81. The van der Waals surface area contributed by atoms with Gasteiger partial charge in [0, 0.05) is 19.2 Å². The predicted octanol–water partition coefficient (Wildman–Crippen LogP) is 3.03. The molecule has 0 saturated heterocycles. The van der Waals surface area contributed by atoms with Crippen LogP contribution in [0.15, 0.2) is 51.9 Å². The monoisotopic (exact) mass is 354 g/mol. The number of non-ortho nitro benzene ring substituents is 1. The van der Waals surface area contributed by atoms with E-state index in [1.165, 1.54) is 23.5 Å². The molecule has 0 bridgehead atoms. The molecule has 2 aromatic heterocycles. The summed E-state index contributed by atoms with van der Waals surface area (Å²) in [7, 11) is 1.70. The topological polar surface area (TPSA) is 104 Å². The summed E-state index contributed by atoms with van der Waals surface area (Å²) in [5.41, 5.74) is 1.70. The van der Waals surface area contributed by atoms with Crippen molar-refractivity contribution < 1.29 is 14.1 Å². The predicted molar refractivity (Wildman–Crippen MR) is 91.4 cm³/mol. The maximum Gasteiger partial charge on any atom is 0.335 e. The summed E-state index contributed by atoms with van der Waals surface area (Å²) in [5.74, 6) is -0.697. The highest BCUT2D eigenvalue weighted by molar-refractivity contribution is 7.16. The number of aryl methyl sites for hydroxylation is 1. The fraction of sp³-hybridized carbons (Fsp3) is 0.0625. The van der Waals surface area contributed by atoms with Crippen molar-refractivity contribution in [3.8, 4) is 0 Å². The highest BCUT2D eigenvalue weighted by Gasteiger charge is 2.15. The lowest BCUT2D eigenvalue weighted by molar-refractivity contribution is -0.384. The number of fused-ring (bicyclic) bond motifs is 2. The first-order chi connectivity index (χ1) is 12.0. The van der Waals surface area contributed by atoms with Crippen LogP contribution in [0.1, 0.15) is 10.7 Å². The van der Waals surface area contributed by atoms with Crippen LogP contribution < -0.4 is 4.80 Å². The third-order valence-electron chi connectivity index (χ3n) is 3.68. The zero-order valence-corrected chi connectivity index (χ0v) is 13.7. The van der Waals surface area contributed by atoms with Crippen LogP contribution in [0, 0.1) is 10.1 Å². The van der Waals surface area contributed by atoms with Gasteiger partial charge in [0.1, 0.15) is 5.52 Å². The van der Waals surface area contributed by atoms with E-state index in [4.69, 9.17) is 4.42 Å². The number of carbonyl (C=O) groups excluding carboxylic acids is 1. The first-order valence-electron chi connectivity index (χ1n) is 7.21. The van der Waals surface area contributed by atoms with Gasteiger partial charge in [0.15, 0.2) is 10.4 Å². The minimum atomic E-state index is -0.604. The van der Waals surface area contributed by atoms with E-state index in [-0.39, 0.29) is 11.6 Å². The molecular weight excluding hydrogens is 344 g/mol. The molecule has 8 nitrogen and oxygen atoms in total. The van der Waals surface area contributed by atoms with Crippen molar-refractivity contribution in [2.75, 3.05) is 0 Å². The molecule has 124 valence electrons. The summed E-state index contributed by atoms with van der Waals surface area (Å²) in [6.07, 6.45) is 0. The highest BCUT2D eigenvalue weighted by Crippen LogP contribution is 2.22. The van der Waals surface area contributed by atoms with E-state index in [2.05, 4.69) is 9.98 Å². The molecule has 0 saturated carbocycles. The van der Waals surface area contributed by atoms with Crippen molar-refractivity contribution in [2.45, 2.75) is 0 Å². The number of hydrogen-bond acceptors (Lipinski definition) is 6. The van der Waals surface area contributed by atoms with Crippen LogP contribution in [-0.2, 0) is 7.05 Å². The van der Waals surface area contributed by atoms with Crippen LogP contribution in [0.4, 0.5) is 5.69 Å². The Morgan fingerprint density at radius 2 is 2.12 bits per heavy atom. The van der Waals surface area contributed by atoms with Gasteiger partial charge in [-0.05, 0) is 18.2 Å².